The Balaban J connectivity index is 4.95. The number of rotatable bonds is 13. The number of amides is 4. The lowest BCUT2D eigenvalue weighted by atomic mass is 10.1. The smallest absolute Gasteiger partial charge is 0.328 e. The molecule has 0 aliphatic carbocycles. The van der Waals surface area contributed by atoms with Crippen LogP contribution in [0.2, 0.25) is 0 Å². The fraction of sp³-hybridized carbons (Fsp3) is 0.600. The van der Waals surface area contributed by atoms with Crippen molar-refractivity contribution in [2.24, 2.45) is 11.5 Å². The zero-order valence-electron chi connectivity index (χ0n) is 15.6. The predicted octanol–water partition coefficient (Wildman–Crippen LogP) is -4.39. The number of carbonyl (C=O) groups excluding carboxylic acids is 4. The van der Waals surface area contributed by atoms with Gasteiger partial charge >= 0.3 is 11.9 Å². The Morgan fingerprint density at radius 1 is 1.00 bits per heavy atom. The Morgan fingerprint density at radius 3 is 2.03 bits per heavy atom. The van der Waals surface area contributed by atoms with Crippen molar-refractivity contribution in [3.63, 3.8) is 0 Å². The first-order chi connectivity index (χ1) is 13.3. The van der Waals surface area contributed by atoms with Gasteiger partial charge in [0, 0.05) is 6.42 Å². The second-order valence-electron chi connectivity index (χ2n) is 6.11. The van der Waals surface area contributed by atoms with Crippen LogP contribution >= 0.6 is 0 Å². The molecule has 164 valence electrons. The van der Waals surface area contributed by atoms with Crippen molar-refractivity contribution in [2.45, 2.75) is 50.4 Å². The molecule has 0 aromatic heterocycles. The number of carbonyl (C=O) groups is 6. The van der Waals surface area contributed by atoms with Gasteiger partial charge in [-0.05, 0) is 13.3 Å². The van der Waals surface area contributed by atoms with Crippen LogP contribution in [0.4, 0.5) is 0 Å². The van der Waals surface area contributed by atoms with E-state index in [0.717, 1.165) is 6.92 Å². The maximum absolute atomic E-state index is 12.2. The van der Waals surface area contributed by atoms with Crippen molar-refractivity contribution in [1.29, 1.82) is 0 Å². The number of carboxylic acid groups (broad SMARTS) is 2. The number of carboxylic acids is 2. The van der Waals surface area contributed by atoms with Gasteiger partial charge in [0.2, 0.25) is 23.6 Å². The molecular weight excluding hydrogens is 394 g/mol. The third-order valence-electron chi connectivity index (χ3n) is 3.53. The maximum Gasteiger partial charge on any atom is 0.328 e. The average molecular weight is 419 g/mol. The Hall–Kier alpha value is -3.26. The van der Waals surface area contributed by atoms with Crippen molar-refractivity contribution in [2.75, 3.05) is 6.54 Å². The first kappa shape index (κ1) is 25.7. The SMILES string of the molecule is CC(O)C(NC(=O)C(CCC(=O)O)NC(=O)CNC(=O)C(N)CC(N)=O)C(=O)O. The van der Waals surface area contributed by atoms with E-state index in [1.807, 2.05) is 5.32 Å². The summed E-state index contributed by atoms with van der Waals surface area (Å²) in [5.74, 6) is -6.43. The normalized spacial score (nSPS) is 14.6. The minimum absolute atomic E-state index is 0.381. The summed E-state index contributed by atoms with van der Waals surface area (Å²) in [4.78, 5) is 68.3. The first-order valence-electron chi connectivity index (χ1n) is 8.39. The van der Waals surface area contributed by atoms with E-state index in [0.29, 0.717) is 0 Å². The lowest BCUT2D eigenvalue weighted by Gasteiger charge is -2.22. The quantitative estimate of drug-likeness (QED) is 0.142. The van der Waals surface area contributed by atoms with Crippen molar-refractivity contribution in [3.8, 4) is 0 Å². The highest BCUT2D eigenvalue weighted by molar-refractivity contribution is 5.93. The molecule has 0 aromatic rings. The molecule has 0 fully saturated rings. The summed E-state index contributed by atoms with van der Waals surface area (Å²) in [6.07, 6.45) is -2.82. The minimum atomic E-state index is -1.68. The van der Waals surface area contributed by atoms with E-state index < -0.39 is 79.2 Å². The molecule has 14 heteroatoms. The van der Waals surface area contributed by atoms with Gasteiger partial charge in [-0.25, -0.2) is 4.79 Å². The maximum atomic E-state index is 12.2. The summed E-state index contributed by atoms with van der Waals surface area (Å²) in [6.45, 7) is 0.468. The van der Waals surface area contributed by atoms with Crippen LogP contribution in [-0.4, -0.2) is 81.7 Å². The van der Waals surface area contributed by atoms with Crippen molar-refractivity contribution in [3.05, 3.63) is 0 Å². The van der Waals surface area contributed by atoms with Gasteiger partial charge in [-0.3, -0.25) is 24.0 Å². The average Bonchev–Trinajstić information content (AvgIpc) is 2.59. The molecule has 0 aliphatic rings. The van der Waals surface area contributed by atoms with E-state index in [1.165, 1.54) is 0 Å². The van der Waals surface area contributed by atoms with Crippen molar-refractivity contribution >= 4 is 35.6 Å². The lowest BCUT2D eigenvalue weighted by Crippen LogP contribution is -2.56. The molecule has 0 rings (SSSR count). The molecule has 0 bridgehead atoms. The van der Waals surface area contributed by atoms with Gasteiger partial charge in [0.1, 0.15) is 6.04 Å². The molecule has 0 saturated heterocycles. The molecule has 0 aromatic carbocycles. The molecule has 29 heavy (non-hydrogen) atoms. The molecule has 0 spiro atoms. The molecule has 10 N–H and O–H groups in total. The molecule has 0 radical (unpaired) electrons. The highest BCUT2D eigenvalue weighted by Crippen LogP contribution is 2.01. The number of primary amides is 1. The molecule has 0 aliphatic heterocycles. The van der Waals surface area contributed by atoms with Crippen LogP contribution in [0.25, 0.3) is 0 Å². The second kappa shape index (κ2) is 12.2. The number of nitrogens with two attached hydrogens (primary N) is 2. The summed E-state index contributed by atoms with van der Waals surface area (Å²) in [6, 6.07) is -4.41. The van der Waals surface area contributed by atoms with Crippen LogP contribution in [0.5, 0.6) is 0 Å². The van der Waals surface area contributed by atoms with E-state index in [2.05, 4.69) is 10.6 Å². The zero-order valence-corrected chi connectivity index (χ0v) is 15.6. The van der Waals surface area contributed by atoms with Gasteiger partial charge in [0.15, 0.2) is 6.04 Å². The van der Waals surface area contributed by atoms with Gasteiger partial charge in [-0.2, -0.15) is 0 Å². The Kier molecular flexibility index (Phi) is 10.9. The molecule has 0 saturated carbocycles. The van der Waals surface area contributed by atoms with Gasteiger partial charge < -0.3 is 42.7 Å². The summed E-state index contributed by atoms with van der Waals surface area (Å²) >= 11 is 0. The monoisotopic (exact) mass is 419 g/mol. The van der Waals surface area contributed by atoms with Crippen LogP contribution in [-0.2, 0) is 28.8 Å². The largest absolute Gasteiger partial charge is 0.481 e. The number of aliphatic hydroxyl groups excluding tert-OH is 1. The van der Waals surface area contributed by atoms with Crippen LogP contribution in [0.1, 0.15) is 26.2 Å². The number of nitrogens with one attached hydrogen (secondary N) is 3. The third-order valence-corrected chi connectivity index (χ3v) is 3.53. The Morgan fingerprint density at radius 2 is 1.59 bits per heavy atom. The number of aliphatic hydroxyl groups is 1. The van der Waals surface area contributed by atoms with Crippen LogP contribution in [0.3, 0.4) is 0 Å². The predicted molar refractivity (Wildman–Crippen MR) is 94.8 cm³/mol. The van der Waals surface area contributed by atoms with Crippen LogP contribution in [0, 0.1) is 0 Å². The van der Waals surface area contributed by atoms with Crippen molar-refractivity contribution < 1.29 is 44.1 Å². The van der Waals surface area contributed by atoms with Crippen LogP contribution < -0.4 is 27.4 Å². The van der Waals surface area contributed by atoms with Crippen molar-refractivity contribution in [1.82, 2.24) is 16.0 Å². The van der Waals surface area contributed by atoms with Crippen LogP contribution in [0.15, 0.2) is 0 Å². The molecule has 4 unspecified atom stereocenters. The number of hydrogen-bond acceptors (Lipinski definition) is 8. The highest BCUT2D eigenvalue weighted by Gasteiger charge is 2.30. The summed E-state index contributed by atoms with van der Waals surface area (Å²) in [5, 5.41) is 33.4. The Labute approximate surface area is 165 Å². The summed E-state index contributed by atoms with van der Waals surface area (Å²) in [7, 11) is 0. The standard InChI is InChI=1S/C15H25N5O9/c1-6(21)12(15(28)29)20-14(27)8(2-3-11(24)25)19-10(23)5-18-13(26)7(16)4-9(17)22/h6-8,12,21H,2-5,16H2,1H3,(H2,17,22)(H,18,26)(H,19,23)(H,20,27)(H,24,25)(H,28,29). The van der Waals surface area contributed by atoms with Gasteiger partial charge in [-0.15, -0.1) is 0 Å². The fourth-order valence-corrected chi connectivity index (χ4v) is 2.03. The topological polar surface area (TPSA) is 251 Å². The minimum Gasteiger partial charge on any atom is -0.481 e. The lowest BCUT2D eigenvalue weighted by molar-refractivity contribution is -0.145. The zero-order chi connectivity index (χ0) is 22.7. The van der Waals surface area contributed by atoms with E-state index in [1.54, 1.807) is 0 Å². The van der Waals surface area contributed by atoms with Gasteiger partial charge in [-0.1, -0.05) is 0 Å². The van der Waals surface area contributed by atoms with E-state index >= 15 is 0 Å². The number of hydrogen-bond donors (Lipinski definition) is 8. The summed E-state index contributed by atoms with van der Waals surface area (Å²) in [5.41, 5.74) is 10.3. The molecule has 14 nitrogen and oxygen atoms in total. The Bertz CT molecular complexity index is 652. The van der Waals surface area contributed by atoms with Gasteiger partial charge in [0.05, 0.1) is 25.1 Å². The first-order valence-corrected chi connectivity index (χ1v) is 8.39. The third kappa shape index (κ3) is 10.6. The fourth-order valence-electron chi connectivity index (χ4n) is 2.03. The number of aliphatic carboxylic acids is 2. The highest BCUT2D eigenvalue weighted by atomic mass is 16.4. The van der Waals surface area contributed by atoms with E-state index in [9.17, 15) is 33.9 Å². The molecular formula is C15H25N5O9. The molecule has 4 atom stereocenters. The summed E-state index contributed by atoms with van der Waals surface area (Å²) < 4.78 is 0. The van der Waals surface area contributed by atoms with E-state index in [-0.39, 0.29) is 6.42 Å². The second-order valence-corrected chi connectivity index (χ2v) is 6.11. The molecule has 4 amide bonds. The van der Waals surface area contributed by atoms with Gasteiger partial charge in [0.25, 0.3) is 0 Å². The van der Waals surface area contributed by atoms with E-state index in [4.69, 9.17) is 21.7 Å². The molecule has 0 heterocycles.